The zero-order chi connectivity index (χ0) is 25.5. The monoisotopic (exact) mass is 490 g/mol. The van der Waals surface area contributed by atoms with Gasteiger partial charge in [0.05, 0.1) is 7.11 Å². The number of esters is 3. The molecule has 3 unspecified atom stereocenters. The fourth-order valence-electron chi connectivity index (χ4n) is 9.48. The predicted octanol–water partition coefficient (Wildman–Crippen LogP) is 5.71. The molecule has 4 aliphatic rings. The summed E-state index contributed by atoms with van der Waals surface area (Å²) in [6.07, 6.45) is 9.87. The Balaban J connectivity index is 1.58. The zero-order valence-corrected chi connectivity index (χ0v) is 22.6. The Labute approximate surface area is 211 Å². The van der Waals surface area contributed by atoms with E-state index in [1.54, 1.807) is 6.92 Å². The summed E-state index contributed by atoms with van der Waals surface area (Å²) in [5.41, 5.74) is 0.147. The minimum Gasteiger partial charge on any atom is -0.469 e. The molecule has 0 amide bonds. The highest BCUT2D eigenvalue weighted by Crippen LogP contribution is 2.69. The minimum atomic E-state index is -0.183. The maximum atomic E-state index is 12.3. The Morgan fingerprint density at radius 2 is 1.63 bits per heavy atom. The molecule has 4 saturated carbocycles. The van der Waals surface area contributed by atoms with Crippen LogP contribution in [-0.2, 0) is 28.6 Å². The maximum Gasteiger partial charge on any atom is 0.305 e. The second-order valence-corrected chi connectivity index (χ2v) is 12.6. The summed E-state index contributed by atoms with van der Waals surface area (Å²) in [6, 6.07) is 0. The Morgan fingerprint density at radius 1 is 0.914 bits per heavy atom. The molecule has 0 N–H and O–H groups in total. The molecule has 198 valence electrons. The number of fused-ring (bicyclic) bond motifs is 5. The van der Waals surface area contributed by atoms with Crippen LogP contribution in [0.2, 0.25) is 0 Å². The molecule has 6 nitrogen and oxygen atoms in total. The molecule has 4 fully saturated rings. The van der Waals surface area contributed by atoms with Crippen molar-refractivity contribution in [1.82, 2.24) is 0 Å². The van der Waals surface area contributed by atoms with Gasteiger partial charge in [0.15, 0.2) is 0 Å². The number of carbonyl (C=O) groups is 3. The molecule has 0 bridgehead atoms. The van der Waals surface area contributed by atoms with Crippen molar-refractivity contribution in [3.05, 3.63) is 0 Å². The first-order chi connectivity index (χ1) is 16.5. The summed E-state index contributed by atoms with van der Waals surface area (Å²) in [4.78, 5) is 35.7. The number of hydrogen-bond acceptors (Lipinski definition) is 6. The summed E-state index contributed by atoms with van der Waals surface area (Å²) in [5, 5.41) is 0. The lowest BCUT2D eigenvalue weighted by molar-refractivity contribution is -0.197. The van der Waals surface area contributed by atoms with Crippen molar-refractivity contribution in [1.29, 1.82) is 0 Å². The average Bonchev–Trinajstić information content (AvgIpc) is 3.16. The number of methoxy groups -OCH3 is 1. The summed E-state index contributed by atoms with van der Waals surface area (Å²) in [6.45, 7) is 10.2. The third-order valence-electron chi connectivity index (χ3n) is 11.1. The number of ether oxygens (including phenoxy) is 3. The van der Waals surface area contributed by atoms with Crippen molar-refractivity contribution in [2.24, 2.45) is 46.3 Å². The summed E-state index contributed by atoms with van der Waals surface area (Å²) < 4.78 is 16.7. The van der Waals surface area contributed by atoms with E-state index in [0.717, 1.165) is 38.5 Å². The van der Waals surface area contributed by atoms with Gasteiger partial charge in [-0.2, -0.15) is 0 Å². The molecule has 10 atom stereocenters. The quantitative estimate of drug-likeness (QED) is 0.351. The van der Waals surface area contributed by atoms with Crippen LogP contribution in [0.1, 0.15) is 98.8 Å². The van der Waals surface area contributed by atoms with Crippen molar-refractivity contribution in [2.45, 2.75) is 111 Å². The fraction of sp³-hybridized carbons (Fsp3) is 0.897. The number of rotatable bonds is 6. The van der Waals surface area contributed by atoms with Crippen LogP contribution in [0.25, 0.3) is 0 Å². The number of hydrogen-bond donors (Lipinski definition) is 0. The zero-order valence-electron chi connectivity index (χ0n) is 22.6. The summed E-state index contributed by atoms with van der Waals surface area (Å²) >= 11 is 0. The molecule has 0 saturated heterocycles. The molecule has 35 heavy (non-hydrogen) atoms. The van der Waals surface area contributed by atoms with Gasteiger partial charge in [0.1, 0.15) is 12.2 Å². The maximum absolute atomic E-state index is 12.3. The van der Waals surface area contributed by atoms with Crippen molar-refractivity contribution < 1.29 is 28.6 Å². The lowest BCUT2D eigenvalue weighted by atomic mass is 9.43. The molecular formula is C29H46O6. The van der Waals surface area contributed by atoms with E-state index in [4.69, 9.17) is 14.2 Å². The Hall–Kier alpha value is -1.59. The molecule has 0 heterocycles. The van der Waals surface area contributed by atoms with E-state index in [0.29, 0.717) is 41.9 Å². The van der Waals surface area contributed by atoms with Crippen LogP contribution in [0.15, 0.2) is 0 Å². The standard InChI is InChI=1S/C29H46O6/c1-17(7-12-27(32)33-6)23-10-11-24-22-9-8-20-15-21(34-18(2)30)13-14-28(20,4)25(22)16-26(29(23,24)5)35-19(3)31/h17,20-26H,7-16H2,1-6H3/t17-,20?,21?,22+,23-,24+,25+,26?,28+,29-/m1/s1. The molecule has 0 spiro atoms. The summed E-state index contributed by atoms with van der Waals surface area (Å²) in [7, 11) is 1.45. The molecule has 0 radical (unpaired) electrons. The molecule has 0 aromatic carbocycles. The van der Waals surface area contributed by atoms with Crippen LogP contribution < -0.4 is 0 Å². The minimum absolute atomic E-state index is 0.0479. The lowest BCUT2D eigenvalue weighted by Gasteiger charge is -2.62. The van der Waals surface area contributed by atoms with Crippen molar-refractivity contribution in [2.75, 3.05) is 7.11 Å². The highest BCUT2D eigenvalue weighted by atomic mass is 16.5. The van der Waals surface area contributed by atoms with Gasteiger partial charge in [-0.3, -0.25) is 14.4 Å². The first kappa shape index (κ1) is 26.5. The van der Waals surface area contributed by atoms with Gasteiger partial charge in [0.25, 0.3) is 0 Å². The van der Waals surface area contributed by atoms with Crippen LogP contribution >= 0.6 is 0 Å². The van der Waals surface area contributed by atoms with E-state index in [1.165, 1.54) is 33.3 Å². The van der Waals surface area contributed by atoms with Gasteiger partial charge < -0.3 is 14.2 Å². The van der Waals surface area contributed by atoms with Gasteiger partial charge in [0, 0.05) is 25.7 Å². The van der Waals surface area contributed by atoms with Crippen LogP contribution in [-0.4, -0.2) is 37.2 Å². The first-order valence-electron chi connectivity index (χ1n) is 13.9. The van der Waals surface area contributed by atoms with Gasteiger partial charge in [0.2, 0.25) is 0 Å². The van der Waals surface area contributed by atoms with Crippen LogP contribution in [0.5, 0.6) is 0 Å². The van der Waals surface area contributed by atoms with Crippen molar-refractivity contribution in [3.8, 4) is 0 Å². The molecule has 0 aromatic heterocycles. The van der Waals surface area contributed by atoms with Gasteiger partial charge in [-0.1, -0.05) is 20.8 Å². The summed E-state index contributed by atoms with van der Waals surface area (Å²) in [5.74, 6) is 2.60. The topological polar surface area (TPSA) is 78.9 Å². The molecule has 6 heteroatoms. The van der Waals surface area contributed by atoms with E-state index in [9.17, 15) is 14.4 Å². The number of carbonyl (C=O) groups excluding carboxylic acids is 3. The van der Waals surface area contributed by atoms with Crippen LogP contribution in [0.4, 0.5) is 0 Å². The highest BCUT2D eigenvalue weighted by Gasteiger charge is 2.65. The third kappa shape index (κ3) is 4.75. The van der Waals surface area contributed by atoms with E-state index in [1.807, 2.05) is 0 Å². The molecular weight excluding hydrogens is 444 g/mol. The molecule has 4 rings (SSSR count). The van der Waals surface area contributed by atoms with Crippen LogP contribution in [0, 0.1) is 46.3 Å². The molecule has 4 aliphatic carbocycles. The van der Waals surface area contributed by atoms with Crippen molar-refractivity contribution in [3.63, 3.8) is 0 Å². The van der Waals surface area contributed by atoms with Crippen molar-refractivity contribution >= 4 is 17.9 Å². The molecule has 0 aromatic rings. The smallest absolute Gasteiger partial charge is 0.305 e. The lowest BCUT2D eigenvalue weighted by Crippen LogP contribution is -2.59. The van der Waals surface area contributed by atoms with E-state index in [2.05, 4.69) is 20.8 Å². The van der Waals surface area contributed by atoms with E-state index in [-0.39, 0.29) is 40.9 Å². The van der Waals surface area contributed by atoms with Gasteiger partial charge in [-0.25, -0.2) is 0 Å². The second kappa shape index (κ2) is 10.0. The van der Waals surface area contributed by atoms with Gasteiger partial charge >= 0.3 is 17.9 Å². The van der Waals surface area contributed by atoms with E-state index < -0.39 is 0 Å². The third-order valence-corrected chi connectivity index (χ3v) is 11.1. The first-order valence-corrected chi connectivity index (χ1v) is 13.9. The SMILES string of the molecule is COC(=O)CC[C@@H](C)[C@H]1CC[C@H]2[C@@H]3CCC4CC(OC(C)=O)CC[C@]4(C)[C@H]3CC(OC(C)=O)[C@]12C. The molecule has 0 aliphatic heterocycles. The van der Waals surface area contributed by atoms with Crippen LogP contribution in [0.3, 0.4) is 0 Å². The Bertz CT molecular complexity index is 824. The highest BCUT2D eigenvalue weighted by molar-refractivity contribution is 5.69. The fourth-order valence-corrected chi connectivity index (χ4v) is 9.48. The average molecular weight is 491 g/mol. The Kier molecular flexibility index (Phi) is 7.60. The predicted molar refractivity (Wildman–Crippen MR) is 132 cm³/mol. The normalized spacial score (nSPS) is 43.2. The van der Waals surface area contributed by atoms with E-state index >= 15 is 0 Å². The Morgan fingerprint density at radius 3 is 2.29 bits per heavy atom. The second-order valence-electron chi connectivity index (χ2n) is 12.6. The van der Waals surface area contributed by atoms with Gasteiger partial charge in [-0.05, 0) is 98.7 Å². The largest absolute Gasteiger partial charge is 0.469 e. The van der Waals surface area contributed by atoms with Gasteiger partial charge in [-0.15, -0.1) is 0 Å².